The van der Waals surface area contributed by atoms with E-state index in [0.717, 1.165) is 37.9 Å². The Morgan fingerprint density at radius 1 is 1.43 bits per heavy atom. The Labute approximate surface area is 173 Å². The maximum atomic E-state index is 13.2. The van der Waals surface area contributed by atoms with E-state index in [1.54, 1.807) is 11.8 Å². The largest absolute Gasteiger partial charge is 0.331 e. The van der Waals surface area contributed by atoms with Crippen LogP contribution in [0, 0.1) is 12.8 Å². The number of anilines is 1. The molecule has 1 fully saturated rings. The van der Waals surface area contributed by atoms with E-state index in [0.29, 0.717) is 23.6 Å². The summed E-state index contributed by atoms with van der Waals surface area (Å²) in [5, 5.41) is 3.39. The number of fused-ring (bicyclic) bond motifs is 1. The molecule has 1 aromatic heterocycles. The van der Waals surface area contributed by atoms with Crippen LogP contribution in [0.2, 0.25) is 0 Å². The predicted molar refractivity (Wildman–Crippen MR) is 115 cm³/mol. The molecular formula is C21H25N3O2S2. The van der Waals surface area contributed by atoms with Gasteiger partial charge in [0.2, 0.25) is 5.91 Å². The molecule has 0 bridgehead atoms. The van der Waals surface area contributed by atoms with Crippen molar-refractivity contribution in [3.63, 3.8) is 0 Å². The monoisotopic (exact) mass is 415 g/mol. The number of carbonyl (C=O) groups is 2. The number of aryl methyl sites for hydroxylation is 1. The molecule has 148 valence electrons. The minimum absolute atomic E-state index is 0.119. The lowest BCUT2D eigenvalue weighted by Crippen LogP contribution is -2.34. The minimum Gasteiger partial charge on any atom is -0.331 e. The third-order valence-electron chi connectivity index (χ3n) is 5.44. The summed E-state index contributed by atoms with van der Waals surface area (Å²) in [6.45, 7) is 8.43. The van der Waals surface area contributed by atoms with Gasteiger partial charge in [-0.2, -0.15) is 0 Å². The van der Waals surface area contributed by atoms with E-state index in [-0.39, 0.29) is 11.8 Å². The zero-order chi connectivity index (χ0) is 20.0. The molecule has 2 aromatic rings. The van der Waals surface area contributed by atoms with Crippen LogP contribution in [0.25, 0.3) is 10.4 Å². The standard InChI is InChI=1S/C21H25N3O2S2/c1-5-27-17-9-15(19-11(2)22-21(28-19)23-13(4)25)8-16-10-24(20(26)18(16)17)12(3)14-6-7-14/h8-9,12,14H,5-7,10H2,1-4H3,(H,22,23,25). The molecule has 5 nitrogen and oxygen atoms in total. The van der Waals surface area contributed by atoms with E-state index >= 15 is 0 Å². The van der Waals surface area contributed by atoms with Crippen molar-refractivity contribution in [2.45, 2.75) is 58.0 Å². The second kappa shape index (κ2) is 7.52. The number of carbonyl (C=O) groups excluding carboxylic acids is 2. The molecule has 2 heterocycles. The lowest BCUT2D eigenvalue weighted by atomic mass is 10.0. The third-order valence-corrected chi connectivity index (χ3v) is 7.48. The zero-order valence-electron chi connectivity index (χ0n) is 16.7. The number of amides is 2. The fraction of sp³-hybridized carbons (Fsp3) is 0.476. The molecule has 0 saturated heterocycles. The average molecular weight is 416 g/mol. The van der Waals surface area contributed by atoms with Gasteiger partial charge in [-0.1, -0.05) is 18.3 Å². The topological polar surface area (TPSA) is 62.3 Å². The number of nitrogens with one attached hydrogen (secondary N) is 1. The van der Waals surface area contributed by atoms with Crippen molar-refractivity contribution in [1.82, 2.24) is 9.88 Å². The van der Waals surface area contributed by atoms with Gasteiger partial charge >= 0.3 is 0 Å². The Kier molecular flexibility index (Phi) is 5.22. The highest BCUT2D eigenvalue weighted by atomic mass is 32.2. The van der Waals surface area contributed by atoms with Gasteiger partial charge in [0.05, 0.1) is 16.1 Å². The van der Waals surface area contributed by atoms with Crippen LogP contribution in [0.15, 0.2) is 17.0 Å². The minimum atomic E-state index is -0.119. The van der Waals surface area contributed by atoms with Gasteiger partial charge in [-0.3, -0.25) is 9.59 Å². The highest BCUT2D eigenvalue weighted by Gasteiger charge is 2.39. The molecule has 1 aliphatic carbocycles. The van der Waals surface area contributed by atoms with E-state index in [2.05, 4.69) is 36.3 Å². The lowest BCUT2D eigenvalue weighted by molar-refractivity contribution is -0.114. The van der Waals surface area contributed by atoms with E-state index < -0.39 is 0 Å². The van der Waals surface area contributed by atoms with Gasteiger partial charge in [0.1, 0.15) is 0 Å². The third kappa shape index (κ3) is 3.57. The first-order chi connectivity index (χ1) is 13.4. The van der Waals surface area contributed by atoms with Crippen LogP contribution in [0.4, 0.5) is 5.13 Å². The SMILES string of the molecule is CCSc1cc(-c2sc(NC(C)=O)nc2C)cc2c1C(=O)N(C(C)C1CC1)C2. The van der Waals surface area contributed by atoms with Gasteiger partial charge in [-0.15, -0.1) is 11.8 Å². The number of thiazole rings is 1. The van der Waals surface area contributed by atoms with Gasteiger partial charge in [-0.05, 0) is 61.6 Å². The molecule has 1 saturated carbocycles. The number of benzene rings is 1. The summed E-state index contributed by atoms with van der Waals surface area (Å²) in [5.41, 5.74) is 3.97. The summed E-state index contributed by atoms with van der Waals surface area (Å²) in [4.78, 5) is 33.2. The quantitative estimate of drug-likeness (QED) is 0.679. The molecule has 4 rings (SSSR count). The van der Waals surface area contributed by atoms with Crippen LogP contribution >= 0.6 is 23.1 Å². The van der Waals surface area contributed by atoms with E-state index in [1.165, 1.54) is 31.1 Å². The molecule has 7 heteroatoms. The van der Waals surface area contributed by atoms with Crippen molar-refractivity contribution in [2.75, 3.05) is 11.1 Å². The highest BCUT2D eigenvalue weighted by Crippen LogP contribution is 2.43. The lowest BCUT2D eigenvalue weighted by Gasteiger charge is -2.24. The van der Waals surface area contributed by atoms with Crippen LogP contribution in [0.5, 0.6) is 0 Å². The van der Waals surface area contributed by atoms with Crippen molar-refractivity contribution in [3.8, 4) is 10.4 Å². The van der Waals surface area contributed by atoms with Gasteiger partial charge in [-0.25, -0.2) is 4.98 Å². The maximum Gasteiger partial charge on any atom is 0.255 e. The van der Waals surface area contributed by atoms with Crippen molar-refractivity contribution >= 4 is 40.0 Å². The van der Waals surface area contributed by atoms with E-state index in [4.69, 9.17) is 0 Å². The Balaban J connectivity index is 1.73. The first kappa shape index (κ1) is 19.5. The molecule has 1 atom stereocenters. The van der Waals surface area contributed by atoms with E-state index in [1.807, 2.05) is 11.8 Å². The van der Waals surface area contributed by atoms with Crippen LogP contribution in [-0.2, 0) is 11.3 Å². The van der Waals surface area contributed by atoms with Crippen LogP contribution in [-0.4, -0.2) is 33.5 Å². The van der Waals surface area contributed by atoms with Crippen LogP contribution in [0.1, 0.15) is 55.2 Å². The molecule has 2 amide bonds. The molecule has 28 heavy (non-hydrogen) atoms. The fourth-order valence-corrected chi connectivity index (χ4v) is 5.75. The molecule has 2 aliphatic rings. The molecule has 0 radical (unpaired) electrons. The van der Waals surface area contributed by atoms with Gasteiger partial charge < -0.3 is 10.2 Å². The number of aromatic nitrogens is 1. The van der Waals surface area contributed by atoms with Gasteiger partial charge in [0, 0.05) is 24.4 Å². The number of hydrogen-bond donors (Lipinski definition) is 1. The van der Waals surface area contributed by atoms with Gasteiger partial charge in [0.25, 0.3) is 5.91 Å². The molecule has 1 aliphatic heterocycles. The normalized spacial score (nSPS) is 17.0. The molecule has 0 spiro atoms. The molecule has 1 unspecified atom stereocenters. The first-order valence-electron chi connectivity index (χ1n) is 9.75. The molecule has 1 N–H and O–H groups in total. The van der Waals surface area contributed by atoms with Crippen LogP contribution in [0.3, 0.4) is 0 Å². The summed E-state index contributed by atoms with van der Waals surface area (Å²) in [7, 11) is 0. The maximum absolute atomic E-state index is 13.2. The average Bonchev–Trinajstić information content (AvgIpc) is 3.34. The Hall–Kier alpha value is -1.86. The van der Waals surface area contributed by atoms with Crippen molar-refractivity contribution in [3.05, 3.63) is 29.0 Å². The fourth-order valence-electron chi connectivity index (χ4n) is 3.87. The number of hydrogen-bond acceptors (Lipinski definition) is 5. The number of nitrogens with zero attached hydrogens (tertiary/aromatic N) is 2. The molecular weight excluding hydrogens is 390 g/mol. The molecule has 1 aromatic carbocycles. The smallest absolute Gasteiger partial charge is 0.255 e. The number of rotatable bonds is 6. The van der Waals surface area contributed by atoms with Crippen molar-refractivity contribution < 1.29 is 9.59 Å². The second-order valence-electron chi connectivity index (χ2n) is 7.57. The van der Waals surface area contributed by atoms with Crippen molar-refractivity contribution in [1.29, 1.82) is 0 Å². The van der Waals surface area contributed by atoms with E-state index in [9.17, 15) is 9.59 Å². The number of thioether (sulfide) groups is 1. The summed E-state index contributed by atoms with van der Waals surface area (Å²) >= 11 is 3.21. The summed E-state index contributed by atoms with van der Waals surface area (Å²) in [6, 6.07) is 4.57. The Bertz CT molecular complexity index is 949. The summed E-state index contributed by atoms with van der Waals surface area (Å²) in [5.74, 6) is 1.63. The predicted octanol–water partition coefficient (Wildman–Crippen LogP) is 4.94. The summed E-state index contributed by atoms with van der Waals surface area (Å²) < 4.78 is 0. The summed E-state index contributed by atoms with van der Waals surface area (Å²) in [6.07, 6.45) is 2.46. The Morgan fingerprint density at radius 2 is 2.18 bits per heavy atom. The highest BCUT2D eigenvalue weighted by molar-refractivity contribution is 7.99. The Morgan fingerprint density at radius 3 is 2.82 bits per heavy atom. The second-order valence-corrected chi connectivity index (χ2v) is 9.87. The van der Waals surface area contributed by atoms with Crippen LogP contribution < -0.4 is 5.32 Å². The zero-order valence-corrected chi connectivity index (χ0v) is 18.3. The van der Waals surface area contributed by atoms with Gasteiger partial charge in [0.15, 0.2) is 5.13 Å². The first-order valence-corrected chi connectivity index (χ1v) is 11.5. The van der Waals surface area contributed by atoms with Crippen molar-refractivity contribution in [2.24, 2.45) is 5.92 Å².